The van der Waals surface area contributed by atoms with Gasteiger partial charge in [0.05, 0.1) is 5.69 Å². The van der Waals surface area contributed by atoms with Gasteiger partial charge in [0.1, 0.15) is 5.82 Å². The molecule has 1 atom stereocenters. The number of benzene rings is 1. The predicted octanol–water partition coefficient (Wildman–Crippen LogP) is 2.50. The lowest BCUT2D eigenvalue weighted by Gasteiger charge is -2.18. The zero-order valence-electron chi connectivity index (χ0n) is 14.2. The van der Waals surface area contributed by atoms with Gasteiger partial charge in [-0.15, -0.1) is 0 Å². The maximum absolute atomic E-state index is 13.0. The summed E-state index contributed by atoms with van der Waals surface area (Å²) in [4.78, 5) is 24.2. The molecule has 2 aromatic rings. The minimum atomic E-state index is -0.204. The van der Waals surface area contributed by atoms with E-state index in [4.69, 9.17) is 4.98 Å². The van der Waals surface area contributed by atoms with Gasteiger partial charge < -0.3 is 4.90 Å². The van der Waals surface area contributed by atoms with Gasteiger partial charge in [-0.25, -0.2) is 9.37 Å². The smallest absolute Gasteiger partial charge is 0.252 e. The number of anilines is 1. The molecule has 3 heterocycles. The summed E-state index contributed by atoms with van der Waals surface area (Å²) in [6.45, 7) is 4.59. The second-order valence-corrected chi connectivity index (χ2v) is 7.04. The molecule has 5 nitrogen and oxygen atoms in total. The molecule has 0 spiro atoms. The van der Waals surface area contributed by atoms with Crippen LogP contribution in [0.1, 0.15) is 36.4 Å². The molecule has 4 rings (SSSR count). The fourth-order valence-electron chi connectivity index (χ4n) is 3.82. The lowest BCUT2D eigenvalue weighted by Crippen LogP contribution is -2.25. The highest BCUT2D eigenvalue weighted by Gasteiger charge is 2.26. The van der Waals surface area contributed by atoms with Crippen molar-refractivity contribution in [3.63, 3.8) is 0 Å². The SMILES string of the molecule is O=c1cc([C@H]2CCN(Cc3ccc(F)cc3)C2)nc(N2CCCC2)[nH]1. The van der Waals surface area contributed by atoms with Crippen LogP contribution in [0.25, 0.3) is 0 Å². The largest absolute Gasteiger partial charge is 0.342 e. The first-order valence-electron chi connectivity index (χ1n) is 9.00. The van der Waals surface area contributed by atoms with Crippen molar-refractivity contribution in [2.24, 2.45) is 0 Å². The topological polar surface area (TPSA) is 52.2 Å². The Labute approximate surface area is 146 Å². The lowest BCUT2D eigenvalue weighted by molar-refractivity contribution is 0.326. The molecule has 0 bridgehead atoms. The predicted molar refractivity (Wildman–Crippen MR) is 95.3 cm³/mol. The fourth-order valence-corrected chi connectivity index (χ4v) is 3.82. The summed E-state index contributed by atoms with van der Waals surface area (Å²) >= 11 is 0. The van der Waals surface area contributed by atoms with Crippen molar-refractivity contribution in [1.29, 1.82) is 0 Å². The monoisotopic (exact) mass is 342 g/mol. The van der Waals surface area contributed by atoms with Crippen LogP contribution in [0.3, 0.4) is 0 Å². The number of rotatable bonds is 4. The van der Waals surface area contributed by atoms with E-state index in [1.807, 2.05) is 12.1 Å². The van der Waals surface area contributed by atoms with Crippen LogP contribution in [0.2, 0.25) is 0 Å². The number of hydrogen-bond acceptors (Lipinski definition) is 4. The highest BCUT2D eigenvalue weighted by Crippen LogP contribution is 2.27. The van der Waals surface area contributed by atoms with E-state index in [2.05, 4.69) is 14.8 Å². The number of nitrogens with one attached hydrogen (secondary N) is 1. The van der Waals surface area contributed by atoms with Gasteiger partial charge >= 0.3 is 0 Å². The van der Waals surface area contributed by atoms with Crippen LogP contribution < -0.4 is 10.5 Å². The highest BCUT2D eigenvalue weighted by molar-refractivity contribution is 5.32. The molecule has 2 aliphatic heterocycles. The highest BCUT2D eigenvalue weighted by atomic mass is 19.1. The Hall–Kier alpha value is -2.21. The molecule has 25 heavy (non-hydrogen) atoms. The van der Waals surface area contributed by atoms with E-state index in [0.717, 1.165) is 69.2 Å². The summed E-state index contributed by atoms with van der Waals surface area (Å²) in [5.41, 5.74) is 1.94. The van der Waals surface area contributed by atoms with Crippen LogP contribution in [0.4, 0.5) is 10.3 Å². The number of likely N-dealkylation sites (tertiary alicyclic amines) is 1. The number of aromatic nitrogens is 2. The Morgan fingerprint density at radius 2 is 1.92 bits per heavy atom. The van der Waals surface area contributed by atoms with Gasteiger partial charge in [0.2, 0.25) is 5.95 Å². The van der Waals surface area contributed by atoms with Crippen LogP contribution in [0.5, 0.6) is 0 Å². The van der Waals surface area contributed by atoms with E-state index in [0.29, 0.717) is 0 Å². The molecular formula is C19H23FN4O. The van der Waals surface area contributed by atoms with Gasteiger partial charge in [-0.3, -0.25) is 14.7 Å². The Kier molecular flexibility index (Phi) is 4.53. The molecule has 1 aromatic heterocycles. The van der Waals surface area contributed by atoms with Crippen molar-refractivity contribution < 1.29 is 4.39 Å². The van der Waals surface area contributed by atoms with Gasteiger partial charge in [-0.05, 0) is 43.5 Å². The van der Waals surface area contributed by atoms with E-state index in [-0.39, 0.29) is 17.3 Å². The molecule has 0 aliphatic carbocycles. The summed E-state index contributed by atoms with van der Waals surface area (Å²) < 4.78 is 13.0. The average Bonchev–Trinajstić information content (AvgIpc) is 3.28. The van der Waals surface area contributed by atoms with Gasteiger partial charge in [-0.1, -0.05) is 12.1 Å². The van der Waals surface area contributed by atoms with Crippen LogP contribution in [-0.4, -0.2) is 41.0 Å². The van der Waals surface area contributed by atoms with Crippen LogP contribution in [-0.2, 0) is 6.54 Å². The first kappa shape index (κ1) is 16.3. The third-order valence-corrected chi connectivity index (χ3v) is 5.16. The zero-order valence-corrected chi connectivity index (χ0v) is 14.2. The second-order valence-electron chi connectivity index (χ2n) is 7.04. The molecule has 1 N–H and O–H groups in total. The molecule has 0 saturated carbocycles. The quantitative estimate of drug-likeness (QED) is 0.928. The van der Waals surface area contributed by atoms with Crippen LogP contribution >= 0.6 is 0 Å². The molecular weight excluding hydrogens is 319 g/mol. The minimum absolute atomic E-state index is 0.0658. The summed E-state index contributed by atoms with van der Waals surface area (Å²) in [7, 11) is 0. The van der Waals surface area contributed by atoms with Crippen molar-refractivity contribution in [1.82, 2.24) is 14.9 Å². The van der Waals surface area contributed by atoms with E-state index >= 15 is 0 Å². The Bertz CT molecular complexity index is 783. The molecule has 0 radical (unpaired) electrons. The molecule has 6 heteroatoms. The fraction of sp³-hybridized carbons (Fsp3) is 0.474. The van der Waals surface area contributed by atoms with Crippen molar-refractivity contribution in [3.05, 3.63) is 57.8 Å². The van der Waals surface area contributed by atoms with Crippen molar-refractivity contribution >= 4 is 5.95 Å². The van der Waals surface area contributed by atoms with Gasteiger partial charge in [0, 0.05) is 38.2 Å². The minimum Gasteiger partial charge on any atom is -0.342 e. The summed E-state index contributed by atoms with van der Waals surface area (Å²) in [5, 5.41) is 0. The number of H-pyrrole nitrogens is 1. The molecule has 0 unspecified atom stereocenters. The summed E-state index contributed by atoms with van der Waals surface area (Å²) in [6, 6.07) is 8.32. The van der Waals surface area contributed by atoms with Gasteiger partial charge in [0.25, 0.3) is 5.56 Å². The maximum Gasteiger partial charge on any atom is 0.252 e. The van der Waals surface area contributed by atoms with Gasteiger partial charge in [0.15, 0.2) is 0 Å². The second kappa shape index (κ2) is 6.96. The van der Waals surface area contributed by atoms with Crippen molar-refractivity contribution in [2.75, 3.05) is 31.1 Å². The van der Waals surface area contributed by atoms with E-state index < -0.39 is 0 Å². The number of halogens is 1. The van der Waals surface area contributed by atoms with Gasteiger partial charge in [-0.2, -0.15) is 0 Å². The van der Waals surface area contributed by atoms with Crippen LogP contribution in [0.15, 0.2) is 35.1 Å². The summed E-state index contributed by atoms with van der Waals surface area (Å²) in [6.07, 6.45) is 3.31. The zero-order chi connectivity index (χ0) is 17.2. The molecule has 132 valence electrons. The van der Waals surface area contributed by atoms with Crippen molar-refractivity contribution in [3.8, 4) is 0 Å². The standard InChI is InChI=1S/C19H23FN4O/c20-16-5-3-14(4-6-16)12-23-10-7-15(13-23)17-11-18(25)22-19(21-17)24-8-1-2-9-24/h3-6,11,15H,1-2,7-10,12-13H2,(H,21,22,25)/t15-/m0/s1. The lowest BCUT2D eigenvalue weighted by atomic mass is 10.0. The first-order chi connectivity index (χ1) is 12.2. The van der Waals surface area contributed by atoms with E-state index in [1.165, 1.54) is 12.1 Å². The summed E-state index contributed by atoms with van der Waals surface area (Å²) in [5.74, 6) is 0.797. The average molecular weight is 342 g/mol. The maximum atomic E-state index is 13.0. The van der Waals surface area contributed by atoms with E-state index in [1.54, 1.807) is 6.07 Å². The number of hydrogen-bond donors (Lipinski definition) is 1. The molecule has 2 saturated heterocycles. The third kappa shape index (κ3) is 3.74. The molecule has 0 amide bonds. The van der Waals surface area contributed by atoms with Crippen molar-refractivity contribution in [2.45, 2.75) is 31.7 Å². The number of aromatic amines is 1. The van der Waals surface area contributed by atoms with Crippen LogP contribution in [0, 0.1) is 5.82 Å². The number of nitrogens with zero attached hydrogens (tertiary/aromatic N) is 3. The molecule has 2 aliphatic rings. The Morgan fingerprint density at radius 3 is 2.68 bits per heavy atom. The normalized spacial score (nSPS) is 21.2. The molecule has 2 fully saturated rings. The Morgan fingerprint density at radius 1 is 1.16 bits per heavy atom. The Balaban J connectivity index is 1.46. The molecule has 1 aromatic carbocycles. The third-order valence-electron chi connectivity index (χ3n) is 5.16. The first-order valence-corrected chi connectivity index (χ1v) is 9.00. The van der Waals surface area contributed by atoms with E-state index in [9.17, 15) is 9.18 Å².